The van der Waals surface area contributed by atoms with Crippen LogP contribution in [0.25, 0.3) is 11.2 Å². The lowest BCUT2D eigenvalue weighted by Crippen LogP contribution is -2.21. The maximum atomic E-state index is 12.8. The van der Waals surface area contributed by atoms with Gasteiger partial charge in [0.05, 0.1) is 11.3 Å². The number of rotatable bonds is 4. The van der Waals surface area contributed by atoms with Gasteiger partial charge in [0.2, 0.25) is 5.91 Å². The van der Waals surface area contributed by atoms with E-state index in [9.17, 15) is 18.0 Å². The van der Waals surface area contributed by atoms with Crippen molar-refractivity contribution in [3.8, 4) is 0 Å². The summed E-state index contributed by atoms with van der Waals surface area (Å²) in [4.78, 5) is 21.4. The fraction of sp³-hybridized carbons (Fsp3) is 0.409. The van der Waals surface area contributed by atoms with Crippen LogP contribution in [0, 0.1) is 19.3 Å². The number of carbonyl (C=O) groups excluding carboxylic acids is 1. The summed E-state index contributed by atoms with van der Waals surface area (Å²) in [5, 5.41) is 2.83. The molecule has 8 heteroatoms. The third-order valence-electron chi connectivity index (χ3n) is 4.68. The molecule has 1 amide bonds. The Morgan fingerprint density at radius 2 is 1.70 bits per heavy atom. The van der Waals surface area contributed by atoms with Gasteiger partial charge < -0.3 is 9.88 Å². The number of aryl methyl sites for hydroxylation is 2. The van der Waals surface area contributed by atoms with E-state index in [-0.39, 0.29) is 11.3 Å². The van der Waals surface area contributed by atoms with E-state index in [4.69, 9.17) is 0 Å². The second-order valence-electron chi connectivity index (χ2n) is 8.72. The predicted molar refractivity (Wildman–Crippen MR) is 110 cm³/mol. The number of hydrogen-bond donors (Lipinski definition) is 1. The molecule has 0 radical (unpaired) electrons. The Balaban J connectivity index is 1.88. The number of hydrogen-bond acceptors (Lipinski definition) is 3. The van der Waals surface area contributed by atoms with Crippen molar-refractivity contribution in [1.82, 2.24) is 14.5 Å². The highest BCUT2D eigenvalue weighted by Crippen LogP contribution is 2.29. The summed E-state index contributed by atoms with van der Waals surface area (Å²) in [5.74, 6) is 0.295. The van der Waals surface area contributed by atoms with E-state index >= 15 is 0 Å². The van der Waals surface area contributed by atoms with Crippen LogP contribution in [0.4, 0.5) is 19.0 Å². The molecule has 160 valence electrons. The Hall–Kier alpha value is -2.90. The molecule has 5 nitrogen and oxygen atoms in total. The Kier molecular flexibility index (Phi) is 5.62. The minimum atomic E-state index is -4.36. The summed E-state index contributed by atoms with van der Waals surface area (Å²) in [7, 11) is 0. The average Bonchev–Trinajstić information content (AvgIpc) is 2.88. The molecule has 0 saturated carbocycles. The quantitative estimate of drug-likeness (QED) is 0.609. The van der Waals surface area contributed by atoms with Crippen LogP contribution in [0.1, 0.15) is 49.7 Å². The Morgan fingerprint density at radius 3 is 2.27 bits per heavy atom. The molecule has 0 aliphatic carbocycles. The zero-order chi connectivity index (χ0) is 22.3. The summed E-state index contributed by atoms with van der Waals surface area (Å²) >= 11 is 0. The highest BCUT2D eigenvalue weighted by Gasteiger charge is 2.30. The summed E-state index contributed by atoms with van der Waals surface area (Å²) in [5.41, 5.74) is 2.61. The van der Waals surface area contributed by atoms with E-state index in [1.165, 1.54) is 12.1 Å². The van der Waals surface area contributed by atoms with Crippen molar-refractivity contribution in [2.45, 2.75) is 53.8 Å². The fourth-order valence-corrected chi connectivity index (χ4v) is 3.22. The number of alkyl halides is 3. The molecule has 0 spiro atoms. The van der Waals surface area contributed by atoms with Crippen molar-refractivity contribution in [3.05, 3.63) is 52.8 Å². The number of fused-ring (bicyclic) bond motifs is 1. The molecular weight excluding hydrogens is 393 g/mol. The Bertz CT molecular complexity index is 1080. The van der Waals surface area contributed by atoms with Gasteiger partial charge >= 0.3 is 6.18 Å². The topological polar surface area (TPSA) is 59.8 Å². The molecule has 3 aromatic rings. The first-order valence-corrected chi connectivity index (χ1v) is 9.64. The number of aromatic nitrogens is 3. The van der Waals surface area contributed by atoms with Gasteiger partial charge in [0.25, 0.3) is 0 Å². The normalized spacial score (nSPS) is 12.4. The molecule has 0 fully saturated rings. The Labute approximate surface area is 173 Å². The van der Waals surface area contributed by atoms with E-state index in [2.05, 4.69) is 15.3 Å². The van der Waals surface area contributed by atoms with E-state index in [0.717, 1.165) is 23.4 Å². The van der Waals surface area contributed by atoms with Crippen LogP contribution in [-0.2, 0) is 17.5 Å². The molecule has 1 N–H and O–H groups in total. The first-order valence-electron chi connectivity index (χ1n) is 9.64. The van der Waals surface area contributed by atoms with Crippen LogP contribution < -0.4 is 5.32 Å². The SMILES string of the molecule is Cc1nc2c(cc(C)n2Cc2ccc(C(F)(F)F)cc2)nc1NC(=O)CC(C)(C)C. The maximum absolute atomic E-state index is 12.8. The van der Waals surface area contributed by atoms with Gasteiger partial charge in [-0.2, -0.15) is 13.2 Å². The van der Waals surface area contributed by atoms with E-state index in [1.54, 1.807) is 6.92 Å². The lowest BCUT2D eigenvalue weighted by Gasteiger charge is -2.17. The molecule has 0 atom stereocenters. The van der Waals surface area contributed by atoms with Crippen LogP contribution in [0.3, 0.4) is 0 Å². The zero-order valence-corrected chi connectivity index (χ0v) is 17.7. The largest absolute Gasteiger partial charge is 0.416 e. The van der Waals surface area contributed by atoms with Crippen molar-refractivity contribution in [1.29, 1.82) is 0 Å². The van der Waals surface area contributed by atoms with Crippen LogP contribution in [-0.4, -0.2) is 20.4 Å². The van der Waals surface area contributed by atoms with Crippen molar-refractivity contribution >= 4 is 22.9 Å². The van der Waals surface area contributed by atoms with Crippen LogP contribution in [0.15, 0.2) is 30.3 Å². The molecule has 0 aliphatic heterocycles. The van der Waals surface area contributed by atoms with Gasteiger partial charge in [0.15, 0.2) is 11.5 Å². The molecular formula is C22H25F3N4O. The lowest BCUT2D eigenvalue weighted by atomic mass is 9.92. The van der Waals surface area contributed by atoms with Gasteiger partial charge in [-0.25, -0.2) is 9.97 Å². The monoisotopic (exact) mass is 418 g/mol. The third kappa shape index (κ3) is 4.98. The van der Waals surface area contributed by atoms with Crippen LogP contribution in [0.2, 0.25) is 0 Å². The van der Waals surface area contributed by atoms with Crippen molar-refractivity contribution in [2.75, 3.05) is 5.32 Å². The minimum Gasteiger partial charge on any atom is -0.324 e. The van der Waals surface area contributed by atoms with Crippen LogP contribution in [0.5, 0.6) is 0 Å². The third-order valence-corrected chi connectivity index (χ3v) is 4.68. The molecule has 0 saturated heterocycles. The highest BCUT2D eigenvalue weighted by atomic mass is 19.4. The van der Waals surface area contributed by atoms with Gasteiger partial charge in [-0.15, -0.1) is 0 Å². The zero-order valence-electron chi connectivity index (χ0n) is 17.7. The number of carbonyl (C=O) groups is 1. The summed E-state index contributed by atoms with van der Waals surface area (Å²) in [6.45, 7) is 9.99. The summed E-state index contributed by atoms with van der Waals surface area (Å²) in [6, 6.07) is 6.95. The molecule has 0 bridgehead atoms. The lowest BCUT2D eigenvalue weighted by molar-refractivity contribution is -0.137. The number of benzene rings is 1. The van der Waals surface area contributed by atoms with Crippen molar-refractivity contribution < 1.29 is 18.0 Å². The summed E-state index contributed by atoms with van der Waals surface area (Å²) < 4.78 is 40.2. The maximum Gasteiger partial charge on any atom is 0.416 e. The van der Waals surface area contributed by atoms with Crippen molar-refractivity contribution in [2.24, 2.45) is 5.41 Å². The van der Waals surface area contributed by atoms with Gasteiger partial charge in [-0.3, -0.25) is 4.79 Å². The smallest absolute Gasteiger partial charge is 0.324 e. The Morgan fingerprint density at radius 1 is 1.07 bits per heavy atom. The first kappa shape index (κ1) is 21.8. The number of nitrogens with one attached hydrogen (secondary N) is 1. The number of anilines is 1. The number of halogens is 3. The standard InChI is InChI=1S/C22H25F3N4O/c1-13-10-17-20(26-14(2)19(27-17)28-18(30)11-21(3,4)5)29(13)12-15-6-8-16(9-7-15)22(23,24)25/h6-10H,11-12H2,1-5H3,(H,27,28,30). The number of amides is 1. The first-order chi connectivity index (χ1) is 13.8. The molecule has 0 unspecified atom stereocenters. The molecule has 30 heavy (non-hydrogen) atoms. The number of nitrogens with zero attached hydrogens (tertiary/aromatic N) is 3. The van der Waals surface area contributed by atoms with Gasteiger partial charge in [0, 0.05) is 18.7 Å². The average molecular weight is 418 g/mol. The molecule has 1 aromatic carbocycles. The van der Waals surface area contributed by atoms with Gasteiger partial charge in [0.1, 0.15) is 5.52 Å². The summed E-state index contributed by atoms with van der Waals surface area (Å²) in [6.07, 6.45) is -3.99. The molecule has 0 aliphatic rings. The van der Waals surface area contributed by atoms with Gasteiger partial charge in [-0.05, 0) is 43.0 Å². The second kappa shape index (κ2) is 7.74. The highest BCUT2D eigenvalue weighted by molar-refractivity contribution is 5.91. The van der Waals surface area contributed by atoms with Crippen molar-refractivity contribution in [3.63, 3.8) is 0 Å². The van der Waals surface area contributed by atoms with E-state index < -0.39 is 11.7 Å². The van der Waals surface area contributed by atoms with E-state index in [0.29, 0.717) is 35.6 Å². The molecule has 2 heterocycles. The molecule has 2 aromatic heterocycles. The predicted octanol–water partition coefficient (Wildman–Crippen LogP) is 5.49. The minimum absolute atomic E-state index is 0.125. The van der Waals surface area contributed by atoms with E-state index in [1.807, 2.05) is 38.3 Å². The van der Waals surface area contributed by atoms with Crippen LogP contribution >= 0.6 is 0 Å². The molecule has 3 rings (SSSR count). The fourth-order valence-electron chi connectivity index (χ4n) is 3.22. The van der Waals surface area contributed by atoms with Gasteiger partial charge in [-0.1, -0.05) is 32.9 Å². The second-order valence-corrected chi connectivity index (χ2v) is 8.72.